The standard InChI is InChI=1S/C11H11F3NO4S.C10H22N2.HI.Pd/c1-2-19-10(16)8-15(9-6-4-3-5-7-9)20(17,18)11(12,13)14;1-11(2)9-7-5-6-8-10(9)12(3)4;;/h3-6H,2,8H2,1H3;9-10H,5-8H2,1-4H3;1H;/q-1;;;+2/p-1/t;9-,10-;;/m.1../s1. The second-order valence-electron chi connectivity index (χ2n) is 7.86. The molecule has 0 saturated heterocycles. The Morgan fingerprint density at radius 3 is 1.97 bits per heavy atom. The molecule has 0 radical (unpaired) electrons. The van der Waals surface area contributed by atoms with Crippen molar-refractivity contribution in [3.05, 3.63) is 30.3 Å². The fraction of sp³-hybridized carbons (Fsp3) is 0.667. The van der Waals surface area contributed by atoms with Crippen molar-refractivity contribution in [1.82, 2.24) is 9.80 Å². The van der Waals surface area contributed by atoms with Crippen LogP contribution in [-0.2, 0) is 35.1 Å². The first-order chi connectivity index (χ1) is 15.8. The molecule has 200 valence electrons. The van der Waals surface area contributed by atoms with E-state index in [0.29, 0.717) is 0 Å². The molecular weight excluding hydrogens is 681 g/mol. The topological polar surface area (TPSA) is 70.2 Å². The van der Waals surface area contributed by atoms with Gasteiger partial charge in [0.25, 0.3) is 0 Å². The van der Waals surface area contributed by atoms with Gasteiger partial charge in [-0.05, 0) is 48.0 Å². The number of hydrogen-bond donors (Lipinski definition) is 0. The number of esters is 1. The molecule has 34 heavy (non-hydrogen) atoms. The van der Waals surface area contributed by atoms with E-state index in [0.717, 1.165) is 18.2 Å². The number of rotatable bonds is 7. The predicted octanol–water partition coefficient (Wildman–Crippen LogP) is 4.01. The van der Waals surface area contributed by atoms with Crippen molar-refractivity contribution in [3.8, 4) is 0 Å². The quantitative estimate of drug-likeness (QED) is 0.184. The van der Waals surface area contributed by atoms with Crippen molar-refractivity contribution >= 4 is 41.2 Å². The average molecular weight is 714 g/mol. The number of halogens is 4. The zero-order chi connectivity index (χ0) is 26.5. The molecule has 0 bridgehead atoms. The second-order valence-corrected chi connectivity index (χ2v) is 9.71. The molecule has 0 spiro atoms. The molecule has 2 rings (SSSR count). The molecule has 0 aromatic heterocycles. The summed E-state index contributed by atoms with van der Waals surface area (Å²) in [6.45, 7) is 0.308. The molecule has 1 aromatic carbocycles. The van der Waals surface area contributed by atoms with Gasteiger partial charge in [-0.1, -0.05) is 18.5 Å². The summed E-state index contributed by atoms with van der Waals surface area (Å²) in [5, 5.41) is 0. The summed E-state index contributed by atoms with van der Waals surface area (Å²) in [5.74, 6) is -1.09. The summed E-state index contributed by atoms with van der Waals surface area (Å²) in [7, 11) is 3.10. The van der Waals surface area contributed by atoms with Crippen molar-refractivity contribution in [2.45, 2.75) is 50.2 Å². The molecule has 0 unspecified atom stereocenters. The molecule has 0 N–H and O–H groups in total. The minimum atomic E-state index is -5.70. The van der Waals surface area contributed by atoms with Crippen LogP contribution in [0.5, 0.6) is 0 Å². The van der Waals surface area contributed by atoms with Gasteiger partial charge in [-0.3, -0.25) is 9.10 Å². The average Bonchev–Trinajstić information content (AvgIpc) is 2.79. The SMILES string of the molecule is CCOC(=O)CN(c1[c-]cccc1)S(=O)(=O)C(F)(F)F.CN(C)[C@@H]1CCCC[C@H]1N(C)C.[Pd+][I]. The number of ether oxygens (including phenoxy) is 1. The van der Waals surface area contributed by atoms with Crippen LogP contribution in [-0.4, -0.2) is 83.1 Å². The Hall–Kier alpha value is -0.458. The molecule has 0 heterocycles. The van der Waals surface area contributed by atoms with E-state index in [1.165, 1.54) is 50.8 Å². The van der Waals surface area contributed by atoms with E-state index < -0.39 is 33.7 Å². The van der Waals surface area contributed by atoms with Gasteiger partial charge in [0, 0.05) is 12.1 Å². The maximum atomic E-state index is 12.6. The molecule has 1 fully saturated rings. The van der Waals surface area contributed by atoms with E-state index in [2.05, 4.69) is 64.4 Å². The Morgan fingerprint density at radius 2 is 1.62 bits per heavy atom. The van der Waals surface area contributed by atoms with Gasteiger partial charge in [-0.25, -0.2) is 0 Å². The Balaban J connectivity index is 0.000000662. The third-order valence-corrected chi connectivity index (χ3v) is 6.63. The number of carbonyl (C=O) groups is 1. The van der Waals surface area contributed by atoms with Gasteiger partial charge in [-0.2, -0.15) is 45.9 Å². The summed E-state index contributed by atoms with van der Waals surface area (Å²) < 4.78 is 65.2. The number of benzene rings is 1. The molecule has 1 aliphatic carbocycles. The monoisotopic (exact) mass is 713 g/mol. The first-order valence-electron chi connectivity index (χ1n) is 10.5. The Kier molecular flexibility index (Phi) is 16.1. The molecular formula is C21H33F3IN3O4PdS. The summed E-state index contributed by atoms with van der Waals surface area (Å²) in [6, 6.07) is 8.99. The van der Waals surface area contributed by atoms with Gasteiger partial charge < -0.3 is 14.5 Å². The van der Waals surface area contributed by atoms with Crippen LogP contribution < -0.4 is 4.31 Å². The number of hydrogen-bond acceptors (Lipinski definition) is 6. The second kappa shape index (κ2) is 16.3. The first-order valence-corrected chi connectivity index (χ1v) is 16.6. The zero-order valence-corrected chi connectivity index (χ0v) is 24.4. The van der Waals surface area contributed by atoms with E-state index >= 15 is 0 Å². The summed E-state index contributed by atoms with van der Waals surface area (Å²) in [5.41, 5.74) is -5.92. The zero-order valence-electron chi connectivity index (χ0n) is 19.9. The van der Waals surface area contributed by atoms with Crippen LogP contribution in [0.4, 0.5) is 18.9 Å². The number of sulfonamides is 1. The molecule has 13 heteroatoms. The molecule has 0 amide bonds. The third-order valence-electron chi connectivity index (χ3n) is 5.14. The number of anilines is 1. The summed E-state index contributed by atoms with van der Waals surface area (Å²) in [4.78, 5) is 16.0. The van der Waals surface area contributed by atoms with Crippen molar-refractivity contribution < 1.29 is 46.7 Å². The van der Waals surface area contributed by atoms with Crippen LogP contribution in [0.25, 0.3) is 0 Å². The predicted molar refractivity (Wildman–Crippen MR) is 132 cm³/mol. The van der Waals surface area contributed by atoms with Crippen LogP contribution in [0.1, 0.15) is 32.6 Å². The molecule has 1 aromatic rings. The van der Waals surface area contributed by atoms with Gasteiger partial charge in [-0.15, -0.1) is 6.07 Å². The van der Waals surface area contributed by atoms with Gasteiger partial charge in [0.2, 0.25) is 0 Å². The number of likely N-dealkylation sites (N-methyl/N-ethyl adjacent to an activating group) is 2. The maximum absolute atomic E-state index is 12.6. The van der Waals surface area contributed by atoms with Gasteiger partial charge >= 0.3 is 56.6 Å². The fourth-order valence-electron chi connectivity index (χ4n) is 3.58. The van der Waals surface area contributed by atoms with E-state index in [4.69, 9.17) is 0 Å². The first kappa shape index (κ1) is 33.5. The normalized spacial score (nSPS) is 18.4. The Bertz CT molecular complexity index is 799. The van der Waals surface area contributed by atoms with Crippen molar-refractivity contribution in [2.24, 2.45) is 0 Å². The van der Waals surface area contributed by atoms with Crippen molar-refractivity contribution in [3.63, 3.8) is 0 Å². The van der Waals surface area contributed by atoms with Crippen molar-refractivity contribution in [2.75, 3.05) is 45.6 Å². The summed E-state index contributed by atoms with van der Waals surface area (Å²) >= 11 is 4.72. The van der Waals surface area contributed by atoms with Gasteiger partial charge in [0.05, 0.1) is 6.61 Å². The molecule has 1 saturated carbocycles. The number of nitrogens with zero attached hydrogens (tertiary/aromatic N) is 3. The number of carbonyl (C=O) groups excluding carboxylic acids is 1. The third kappa shape index (κ3) is 10.7. The van der Waals surface area contributed by atoms with Crippen molar-refractivity contribution in [1.29, 1.82) is 0 Å². The Morgan fingerprint density at radius 1 is 1.12 bits per heavy atom. The Labute approximate surface area is 222 Å². The summed E-state index contributed by atoms with van der Waals surface area (Å²) in [6.07, 6.45) is 5.56. The van der Waals surface area contributed by atoms with Crippen LogP contribution in [0, 0.1) is 6.07 Å². The van der Waals surface area contributed by atoms with Gasteiger partial charge in [0.1, 0.15) is 6.54 Å². The molecule has 2 atom stereocenters. The van der Waals surface area contributed by atoms with E-state index in [-0.39, 0.29) is 10.9 Å². The van der Waals surface area contributed by atoms with E-state index in [9.17, 15) is 26.4 Å². The van der Waals surface area contributed by atoms with E-state index in [1.807, 2.05) is 19.5 Å². The number of alkyl halides is 3. The molecule has 7 nitrogen and oxygen atoms in total. The minimum absolute atomic E-state index is 0.0722. The van der Waals surface area contributed by atoms with E-state index in [1.54, 1.807) is 0 Å². The molecule has 1 aliphatic rings. The number of para-hydroxylation sites is 1. The fourth-order valence-corrected chi connectivity index (χ4v) is 4.48. The van der Waals surface area contributed by atoms with Crippen LogP contribution >= 0.6 is 19.5 Å². The van der Waals surface area contributed by atoms with Crippen LogP contribution in [0.2, 0.25) is 0 Å². The molecule has 0 aliphatic heterocycles. The van der Waals surface area contributed by atoms with Crippen LogP contribution in [0.3, 0.4) is 0 Å². The van der Waals surface area contributed by atoms with Crippen LogP contribution in [0.15, 0.2) is 24.3 Å². The van der Waals surface area contributed by atoms with Gasteiger partial charge in [0.15, 0.2) is 0 Å².